The normalized spacial score (nSPS) is 14.2. The zero-order chi connectivity index (χ0) is 12.3. The van der Waals surface area contributed by atoms with Crippen LogP contribution in [0.3, 0.4) is 0 Å². The summed E-state index contributed by atoms with van der Waals surface area (Å²) in [6.07, 6.45) is 5.28. The third kappa shape index (κ3) is 2.71. The molecule has 0 amide bonds. The molecule has 1 aromatic rings. The van der Waals surface area contributed by atoms with E-state index in [-0.39, 0.29) is 17.6 Å². The Balaban J connectivity index is 3.05. The molecule has 0 bridgehead atoms. The van der Waals surface area contributed by atoms with E-state index in [1.54, 1.807) is 6.92 Å². The summed E-state index contributed by atoms with van der Waals surface area (Å²) in [6.45, 7) is 7.38. The maximum Gasteiger partial charge on any atom is 0.255 e. The highest BCUT2D eigenvalue weighted by atomic mass is 16.1. The summed E-state index contributed by atoms with van der Waals surface area (Å²) in [4.78, 5) is 18.7. The van der Waals surface area contributed by atoms with Gasteiger partial charge in [0.25, 0.3) is 5.56 Å². The fourth-order valence-electron chi connectivity index (χ4n) is 1.75. The van der Waals surface area contributed by atoms with Gasteiger partial charge in [-0.2, -0.15) is 0 Å². The van der Waals surface area contributed by atoms with Crippen molar-refractivity contribution in [1.29, 1.82) is 0 Å². The predicted molar refractivity (Wildman–Crippen MR) is 64.2 cm³/mol. The Kier molecular flexibility index (Phi) is 3.86. The van der Waals surface area contributed by atoms with E-state index in [2.05, 4.69) is 21.2 Å². The highest BCUT2D eigenvalue weighted by Gasteiger charge is 2.15. The summed E-state index contributed by atoms with van der Waals surface area (Å²) in [5, 5.41) is 3.15. The second-order valence-electron chi connectivity index (χ2n) is 3.93. The average Bonchev–Trinajstić information content (AvgIpc) is 2.15. The Morgan fingerprint density at radius 1 is 1.44 bits per heavy atom. The highest BCUT2D eigenvalue weighted by Crippen LogP contribution is 2.11. The quantitative estimate of drug-likeness (QED) is 0.747. The fraction of sp³-hybridized carbons (Fsp3) is 0.500. The molecule has 1 rings (SSSR count). The molecule has 0 saturated heterocycles. The maximum atomic E-state index is 11.8. The summed E-state index contributed by atoms with van der Waals surface area (Å²) >= 11 is 0. The molecule has 4 heteroatoms. The van der Waals surface area contributed by atoms with Crippen LogP contribution in [0.5, 0.6) is 0 Å². The molecule has 0 aliphatic heterocycles. The third-order valence-electron chi connectivity index (χ3n) is 2.45. The first-order chi connectivity index (χ1) is 7.45. The standard InChI is InChI=1S/C12H17N3O/c1-6-7(2)13-8(3)11-9(4)14-10(5)15-12(11)16/h1,7-8,13H,2-5H3,(H,14,15,16). The van der Waals surface area contributed by atoms with Gasteiger partial charge >= 0.3 is 0 Å². The summed E-state index contributed by atoms with van der Waals surface area (Å²) < 4.78 is 0. The molecule has 2 N–H and O–H groups in total. The van der Waals surface area contributed by atoms with Crippen LogP contribution in [0.25, 0.3) is 0 Å². The predicted octanol–water partition coefficient (Wildman–Crippen LogP) is 1.06. The second kappa shape index (κ2) is 4.95. The number of nitrogens with zero attached hydrogens (tertiary/aromatic N) is 1. The molecule has 4 nitrogen and oxygen atoms in total. The minimum atomic E-state index is -0.108. The number of terminal acetylenes is 1. The lowest BCUT2D eigenvalue weighted by Gasteiger charge is -2.17. The van der Waals surface area contributed by atoms with E-state index in [4.69, 9.17) is 6.42 Å². The molecule has 0 spiro atoms. The molecule has 86 valence electrons. The number of hydrogen-bond donors (Lipinski definition) is 2. The molecule has 0 radical (unpaired) electrons. The van der Waals surface area contributed by atoms with Crippen molar-refractivity contribution in [3.63, 3.8) is 0 Å². The van der Waals surface area contributed by atoms with Gasteiger partial charge in [0.15, 0.2) is 0 Å². The summed E-state index contributed by atoms with van der Waals surface area (Å²) in [5.74, 6) is 3.20. The Bertz CT molecular complexity index is 470. The van der Waals surface area contributed by atoms with Crippen molar-refractivity contribution in [3.8, 4) is 12.3 Å². The van der Waals surface area contributed by atoms with E-state index in [1.807, 2.05) is 20.8 Å². The van der Waals surface area contributed by atoms with Gasteiger partial charge in [0, 0.05) is 11.7 Å². The van der Waals surface area contributed by atoms with E-state index in [0.29, 0.717) is 11.4 Å². The van der Waals surface area contributed by atoms with Crippen LogP contribution in [-0.2, 0) is 0 Å². The van der Waals surface area contributed by atoms with Crippen molar-refractivity contribution in [2.24, 2.45) is 0 Å². The fourth-order valence-corrected chi connectivity index (χ4v) is 1.75. The van der Waals surface area contributed by atoms with Crippen molar-refractivity contribution < 1.29 is 0 Å². The number of H-pyrrole nitrogens is 1. The van der Waals surface area contributed by atoms with Gasteiger partial charge in [0.05, 0.1) is 11.6 Å². The van der Waals surface area contributed by atoms with Crippen LogP contribution in [0.15, 0.2) is 4.79 Å². The maximum absolute atomic E-state index is 11.8. The van der Waals surface area contributed by atoms with Crippen molar-refractivity contribution >= 4 is 0 Å². The minimum Gasteiger partial charge on any atom is -0.310 e. The van der Waals surface area contributed by atoms with Crippen LogP contribution < -0.4 is 10.9 Å². The van der Waals surface area contributed by atoms with Gasteiger partial charge in [0.1, 0.15) is 5.82 Å². The Morgan fingerprint density at radius 3 is 2.56 bits per heavy atom. The van der Waals surface area contributed by atoms with Crippen molar-refractivity contribution in [3.05, 3.63) is 27.4 Å². The first kappa shape index (κ1) is 12.5. The molecule has 16 heavy (non-hydrogen) atoms. The van der Waals surface area contributed by atoms with Crippen molar-refractivity contribution in [2.45, 2.75) is 39.8 Å². The zero-order valence-corrected chi connectivity index (χ0v) is 10.1. The first-order valence-electron chi connectivity index (χ1n) is 5.25. The second-order valence-corrected chi connectivity index (χ2v) is 3.93. The number of aromatic amines is 1. The smallest absolute Gasteiger partial charge is 0.255 e. The van der Waals surface area contributed by atoms with Crippen LogP contribution in [-0.4, -0.2) is 16.0 Å². The molecule has 0 aromatic carbocycles. The number of hydrogen-bond acceptors (Lipinski definition) is 3. The van der Waals surface area contributed by atoms with Gasteiger partial charge in [-0.05, 0) is 27.7 Å². The summed E-state index contributed by atoms with van der Waals surface area (Å²) in [6, 6.07) is -0.182. The average molecular weight is 219 g/mol. The molecule has 0 aliphatic carbocycles. The van der Waals surface area contributed by atoms with E-state index in [9.17, 15) is 4.79 Å². The molecular weight excluding hydrogens is 202 g/mol. The topological polar surface area (TPSA) is 57.8 Å². The molecule has 0 aliphatic rings. The van der Waals surface area contributed by atoms with Crippen LogP contribution in [0, 0.1) is 26.2 Å². The van der Waals surface area contributed by atoms with Crippen molar-refractivity contribution in [1.82, 2.24) is 15.3 Å². The molecule has 2 atom stereocenters. The van der Waals surface area contributed by atoms with Crippen LogP contribution in [0.2, 0.25) is 0 Å². The lowest BCUT2D eigenvalue weighted by atomic mass is 10.1. The lowest BCUT2D eigenvalue weighted by molar-refractivity contribution is 0.536. The summed E-state index contributed by atoms with van der Waals surface area (Å²) in [5.41, 5.74) is 1.28. The number of rotatable bonds is 3. The molecule has 1 heterocycles. The number of nitrogens with one attached hydrogen (secondary N) is 2. The lowest BCUT2D eigenvalue weighted by Crippen LogP contribution is -2.32. The minimum absolute atomic E-state index is 0.0740. The molecule has 1 aromatic heterocycles. The SMILES string of the molecule is C#CC(C)NC(C)c1c(C)nc(C)[nH]c1=O. The number of aryl methyl sites for hydroxylation is 2. The molecule has 0 fully saturated rings. The largest absolute Gasteiger partial charge is 0.310 e. The van der Waals surface area contributed by atoms with E-state index < -0.39 is 0 Å². The van der Waals surface area contributed by atoms with E-state index in [1.165, 1.54) is 0 Å². The van der Waals surface area contributed by atoms with Crippen LogP contribution >= 0.6 is 0 Å². The van der Waals surface area contributed by atoms with Gasteiger partial charge in [0.2, 0.25) is 0 Å². The van der Waals surface area contributed by atoms with Gasteiger partial charge in [-0.1, -0.05) is 5.92 Å². The van der Waals surface area contributed by atoms with E-state index >= 15 is 0 Å². The van der Waals surface area contributed by atoms with Gasteiger partial charge in [-0.25, -0.2) is 4.98 Å². The van der Waals surface area contributed by atoms with Gasteiger partial charge in [-0.15, -0.1) is 6.42 Å². The van der Waals surface area contributed by atoms with Crippen LogP contribution in [0.1, 0.15) is 37.0 Å². The molecule has 2 unspecified atom stereocenters. The Morgan fingerprint density at radius 2 is 2.06 bits per heavy atom. The summed E-state index contributed by atoms with van der Waals surface area (Å²) in [7, 11) is 0. The Labute approximate surface area is 95.5 Å². The van der Waals surface area contributed by atoms with Crippen molar-refractivity contribution in [2.75, 3.05) is 0 Å². The van der Waals surface area contributed by atoms with Gasteiger partial charge < -0.3 is 4.98 Å². The highest BCUT2D eigenvalue weighted by molar-refractivity contribution is 5.20. The molecule has 0 saturated carbocycles. The third-order valence-corrected chi connectivity index (χ3v) is 2.45. The van der Waals surface area contributed by atoms with Gasteiger partial charge in [-0.3, -0.25) is 10.1 Å². The monoisotopic (exact) mass is 219 g/mol. The first-order valence-corrected chi connectivity index (χ1v) is 5.25. The Hall–Kier alpha value is -1.60. The zero-order valence-electron chi connectivity index (χ0n) is 10.1. The van der Waals surface area contributed by atoms with E-state index in [0.717, 1.165) is 5.69 Å². The number of aromatic nitrogens is 2. The molecular formula is C12H17N3O. The van der Waals surface area contributed by atoms with Crippen LogP contribution in [0.4, 0.5) is 0 Å².